The maximum Gasteiger partial charge on any atom is 0.236 e. The number of hydrogen-bond acceptors (Lipinski definition) is 3. The van der Waals surface area contributed by atoms with Crippen LogP contribution in [0.25, 0.3) is 0 Å². The molecule has 0 spiro atoms. The fourth-order valence-corrected chi connectivity index (χ4v) is 2.97. The Morgan fingerprint density at radius 1 is 1.00 bits per heavy atom. The molecule has 2 aliphatic rings. The summed E-state index contributed by atoms with van der Waals surface area (Å²) in [5.41, 5.74) is 5.16. The molecule has 3 nitrogen and oxygen atoms in total. The van der Waals surface area contributed by atoms with Crippen molar-refractivity contribution in [1.29, 1.82) is 0 Å². The molecule has 0 bridgehead atoms. The summed E-state index contributed by atoms with van der Waals surface area (Å²) >= 11 is 1.77. The number of likely N-dealkylation sites (tertiary alicyclic amines) is 1. The minimum atomic E-state index is 0.0903. The zero-order valence-corrected chi connectivity index (χ0v) is 14.6. The lowest BCUT2D eigenvalue weighted by Crippen LogP contribution is -2.33. The van der Waals surface area contributed by atoms with Gasteiger partial charge in [0, 0.05) is 18.0 Å². The lowest BCUT2D eigenvalue weighted by Gasteiger charge is -2.12. The molecule has 1 saturated heterocycles. The van der Waals surface area contributed by atoms with E-state index in [9.17, 15) is 4.79 Å². The van der Waals surface area contributed by atoms with Gasteiger partial charge in [0.25, 0.3) is 0 Å². The number of hydrogen-bond donors (Lipinski definition) is 1. The van der Waals surface area contributed by atoms with Gasteiger partial charge in [0.2, 0.25) is 5.91 Å². The molecule has 3 rings (SSSR count). The molecule has 2 fully saturated rings. The molecule has 124 valence electrons. The molecule has 2 N–H and O–H groups in total. The fraction of sp³-hybridized carbons (Fsp3) is 0.611. The van der Waals surface area contributed by atoms with Crippen LogP contribution in [0.1, 0.15) is 44.9 Å². The predicted octanol–water partition coefficient (Wildman–Crippen LogP) is 3.93. The molecule has 1 aliphatic heterocycles. The SMILES string of the molecule is C1CCCC1.CSc1ccccc1.NCC(=O)N1CCCC1. The summed E-state index contributed by atoms with van der Waals surface area (Å²) in [4.78, 5) is 14.0. The van der Waals surface area contributed by atoms with Gasteiger partial charge < -0.3 is 10.6 Å². The Labute approximate surface area is 139 Å². The monoisotopic (exact) mass is 322 g/mol. The maximum absolute atomic E-state index is 10.8. The first kappa shape index (κ1) is 19.0. The molecule has 0 aromatic heterocycles. The minimum Gasteiger partial charge on any atom is -0.342 e. The van der Waals surface area contributed by atoms with Crippen molar-refractivity contribution in [2.75, 3.05) is 25.9 Å². The minimum absolute atomic E-state index is 0.0903. The first-order valence-electron chi connectivity index (χ1n) is 8.35. The number of nitrogens with two attached hydrogens (primary N) is 1. The normalized spacial score (nSPS) is 16.4. The molecule has 22 heavy (non-hydrogen) atoms. The van der Waals surface area contributed by atoms with Crippen LogP contribution < -0.4 is 5.73 Å². The molecular formula is C18H30N2OS. The van der Waals surface area contributed by atoms with Gasteiger partial charge in [-0.25, -0.2) is 0 Å². The maximum atomic E-state index is 10.8. The largest absolute Gasteiger partial charge is 0.342 e. The summed E-state index contributed by atoms with van der Waals surface area (Å²) in [6, 6.07) is 10.3. The average molecular weight is 323 g/mol. The number of rotatable bonds is 2. The first-order valence-corrected chi connectivity index (χ1v) is 9.57. The van der Waals surface area contributed by atoms with Gasteiger partial charge in [0.1, 0.15) is 0 Å². The summed E-state index contributed by atoms with van der Waals surface area (Å²) < 4.78 is 0. The Bertz CT molecular complexity index is 380. The van der Waals surface area contributed by atoms with Gasteiger partial charge in [-0.05, 0) is 31.2 Å². The van der Waals surface area contributed by atoms with E-state index in [1.807, 2.05) is 23.1 Å². The van der Waals surface area contributed by atoms with E-state index in [1.54, 1.807) is 11.8 Å². The van der Waals surface area contributed by atoms with E-state index in [0.29, 0.717) is 0 Å². The second kappa shape index (κ2) is 12.5. The van der Waals surface area contributed by atoms with E-state index < -0.39 is 0 Å². The quantitative estimate of drug-likeness (QED) is 0.839. The number of amides is 1. The van der Waals surface area contributed by atoms with E-state index in [-0.39, 0.29) is 12.5 Å². The van der Waals surface area contributed by atoms with Crippen LogP contribution in [0, 0.1) is 0 Å². The molecule has 1 amide bonds. The zero-order chi connectivity index (χ0) is 16.0. The summed E-state index contributed by atoms with van der Waals surface area (Å²) in [5.74, 6) is 0.0903. The lowest BCUT2D eigenvalue weighted by molar-refractivity contribution is -0.128. The summed E-state index contributed by atoms with van der Waals surface area (Å²) in [6.45, 7) is 1.99. The van der Waals surface area contributed by atoms with Crippen molar-refractivity contribution in [3.05, 3.63) is 30.3 Å². The second-order valence-electron chi connectivity index (χ2n) is 5.58. The van der Waals surface area contributed by atoms with Gasteiger partial charge >= 0.3 is 0 Å². The van der Waals surface area contributed by atoms with Crippen molar-refractivity contribution in [1.82, 2.24) is 4.90 Å². The molecule has 1 heterocycles. The van der Waals surface area contributed by atoms with Crippen molar-refractivity contribution in [3.63, 3.8) is 0 Å². The molecule has 0 atom stereocenters. The van der Waals surface area contributed by atoms with Gasteiger partial charge in [-0.2, -0.15) is 0 Å². The van der Waals surface area contributed by atoms with Crippen LogP contribution in [0.2, 0.25) is 0 Å². The Hall–Kier alpha value is -1.00. The molecule has 1 aliphatic carbocycles. The molecule has 1 aromatic carbocycles. The van der Waals surface area contributed by atoms with Gasteiger partial charge in [-0.1, -0.05) is 50.3 Å². The smallest absolute Gasteiger partial charge is 0.236 e. The Balaban J connectivity index is 0.000000171. The van der Waals surface area contributed by atoms with Gasteiger partial charge in [0.15, 0.2) is 0 Å². The fourth-order valence-electron chi connectivity index (χ4n) is 2.54. The topological polar surface area (TPSA) is 46.3 Å². The van der Waals surface area contributed by atoms with Crippen molar-refractivity contribution < 1.29 is 4.79 Å². The number of nitrogens with zero attached hydrogens (tertiary/aromatic N) is 1. The highest BCUT2D eigenvalue weighted by molar-refractivity contribution is 7.98. The third-order valence-corrected chi connectivity index (χ3v) is 4.61. The molecule has 0 radical (unpaired) electrons. The Morgan fingerprint density at radius 2 is 1.50 bits per heavy atom. The van der Waals surface area contributed by atoms with Crippen LogP contribution in [0.5, 0.6) is 0 Å². The van der Waals surface area contributed by atoms with E-state index in [2.05, 4.69) is 18.4 Å². The highest BCUT2D eigenvalue weighted by atomic mass is 32.2. The van der Waals surface area contributed by atoms with E-state index in [4.69, 9.17) is 5.73 Å². The number of thioether (sulfide) groups is 1. The number of carbonyl (C=O) groups excluding carboxylic acids is 1. The first-order chi connectivity index (χ1) is 10.8. The standard InChI is InChI=1S/C7H8S.C6H12N2O.C5H10/c1-8-7-5-3-2-4-6-7;7-5-6(9)8-3-1-2-4-8;1-2-4-5-3-1/h2-6H,1H3;1-5,7H2;1-5H2. The van der Waals surface area contributed by atoms with E-state index in [0.717, 1.165) is 25.9 Å². The van der Waals surface area contributed by atoms with Crippen LogP contribution in [-0.4, -0.2) is 36.7 Å². The van der Waals surface area contributed by atoms with Crippen molar-refractivity contribution in [3.8, 4) is 0 Å². The van der Waals surface area contributed by atoms with Gasteiger partial charge in [-0.3, -0.25) is 4.79 Å². The third kappa shape index (κ3) is 8.44. The Morgan fingerprint density at radius 3 is 1.86 bits per heavy atom. The number of carbonyl (C=O) groups is 1. The highest BCUT2D eigenvalue weighted by Crippen LogP contribution is 2.15. The molecule has 1 saturated carbocycles. The summed E-state index contributed by atoms with van der Waals surface area (Å²) in [7, 11) is 0. The molecule has 4 heteroatoms. The molecular weight excluding hydrogens is 292 g/mol. The summed E-state index contributed by atoms with van der Waals surface area (Å²) in [6.07, 6.45) is 11.9. The average Bonchev–Trinajstić information content (AvgIpc) is 3.31. The second-order valence-corrected chi connectivity index (χ2v) is 6.46. The third-order valence-electron chi connectivity index (χ3n) is 3.86. The van der Waals surface area contributed by atoms with Crippen LogP contribution in [-0.2, 0) is 4.79 Å². The lowest BCUT2D eigenvalue weighted by atomic mass is 10.4. The number of benzene rings is 1. The van der Waals surface area contributed by atoms with Crippen LogP contribution in [0.4, 0.5) is 0 Å². The zero-order valence-electron chi connectivity index (χ0n) is 13.8. The van der Waals surface area contributed by atoms with Crippen molar-refractivity contribution in [2.45, 2.75) is 49.8 Å². The van der Waals surface area contributed by atoms with E-state index >= 15 is 0 Å². The van der Waals surface area contributed by atoms with Crippen LogP contribution >= 0.6 is 11.8 Å². The van der Waals surface area contributed by atoms with E-state index in [1.165, 1.54) is 37.0 Å². The highest BCUT2D eigenvalue weighted by Gasteiger charge is 2.15. The van der Waals surface area contributed by atoms with Gasteiger partial charge in [-0.15, -0.1) is 11.8 Å². The molecule has 1 aromatic rings. The predicted molar refractivity (Wildman–Crippen MR) is 96.2 cm³/mol. The van der Waals surface area contributed by atoms with Crippen LogP contribution in [0.3, 0.4) is 0 Å². The van der Waals surface area contributed by atoms with Crippen molar-refractivity contribution >= 4 is 17.7 Å². The molecule has 0 unspecified atom stereocenters. The van der Waals surface area contributed by atoms with Crippen molar-refractivity contribution in [2.24, 2.45) is 5.73 Å². The van der Waals surface area contributed by atoms with Crippen LogP contribution in [0.15, 0.2) is 35.2 Å². The van der Waals surface area contributed by atoms with Gasteiger partial charge in [0.05, 0.1) is 6.54 Å². The summed E-state index contributed by atoms with van der Waals surface area (Å²) in [5, 5.41) is 0. The Kier molecular flexibility index (Phi) is 10.9.